The smallest absolute Gasteiger partial charge is 0.228 e. The highest BCUT2D eigenvalue weighted by Gasteiger charge is 2.09. The lowest BCUT2D eigenvalue weighted by Crippen LogP contribution is -2.38. The van der Waals surface area contributed by atoms with Gasteiger partial charge in [-0.15, -0.1) is 0 Å². The molecule has 0 spiro atoms. The van der Waals surface area contributed by atoms with Crippen LogP contribution in [0, 0.1) is 0 Å². The van der Waals surface area contributed by atoms with Crippen molar-refractivity contribution in [1.82, 2.24) is 20.8 Å². The van der Waals surface area contributed by atoms with E-state index in [4.69, 9.17) is 20.5 Å². The van der Waals surface area contributed by atoms with Gasteiger partial charge in [-0.2, -0.15) is 4.98 Å². The van der Waals surface area contributed by atoms with Gasteiger partial charge in [0.25, 0.3) is 0 Å². The Balaban J connectivity index is 1.53. The first-order valence-electron chi connectivity index (χ1n) is 8.37. The number of hydrogen-bond acceptors (Lipinski definition) is 5. The van der Waals surface area contributed by atoms with E-state index in [2.05, 4.69) is 25.8 Å². The van der Waals surface area contributed by atoms with Gasteiger partial charge in [-0.3, -0.25) is 0 Å². The predicted octanol–water partition coefficient (Wildman–Crippen LogP) is 3.28. The van der Waals surface area contributed by atoms with Gasteiger partial charge in [0.1, 0.15) is 12.3 Å². The zero-order chi connectivity index (χ0) is 18.2. The molecule has 0 radical (unpaired) electrons. The second-order valence-corrected chi connectivity index (χ2v) is 5.91. The molecule has 8 heteroatoms. The van der Waals surface area contributed by atoms with Crippen molar-refractivity contribution in [2.75, 3.05) is 13.1 Å². The highest BCUT2D eigenvalue weighted by Crippen LogP contribution is 2.18. The Hall–Kier alpha value is -2.80. The fraction of sp³-hybridized carbons (Fsp3) is 0.278. The molecule has 0 atom stereocenters. The van der Waals surface area contributed by atoms with Crippen LogP contribution in [-0.2, 0) is 13.0 Å². The third-order valence-electron chi connectivity index (χ3n) is 3.52. The third kappa shape index (κ3) is 5.10. The summed E-state index contributed by atoms with van der Waals surface area (Å²) >= 11 is 5.89. The van der Waals surface area contributed by atoms with E-state index >= 15 is 0 Å². The Kier molecular flexibility index (Phi) is 6.27. The molecular weight excluding hydrogens is 354 g/mol. The molecule has 1 aromatic carbocycles. The fourth-order valence-corrected chi connectivity index (χ4v) is 2.39. The molecule has 0 amide bonds. The first-order chi connectivity index (χ1) is 12.7. The Labute approximate surface area is 156 Å². The number of halogens is 1. The molecule has 0 aliphatic rings. The fourth-order valence-electron chi connectivity index (χ4n) is 2.26. The van der Waals surface area contributed by atoms with Crippen LogP contribution in [0.4, 0.5) is 0 Å². The highest BCUT2D eigenvalue weighted by atomic mass is 35.5. The second kappa shape index (κ2) is 9.05. The van der Waals surface area contributed by atoms with Gasteiger partial charge < -0.3 is 19.6 Å². The average molecular weight is 374 g/mol. The van der Waals surface area contributed by atoms with Gasteiger partial charge in [0.15, 0.2) is 5.96 Å². The molecule has 7 nitrogen and oxygen atoms in total. The third-order valence-corrected chi connectivity index (χ3v) is 3.77. The standard InChI is InChI=1S/C18H20ClN5O2/c1-2-20-18(22-12-15-4-3-11-25-15)21-10-9-16-23-17(24-26-16)13-5-7-14(19)8-6-13/h3-8,11H,2,9-10,12H2,1H3,(H2,20,21,22). The lowest BCUT2D eigenvalue weighted by molar-refractivity contribution is 0.378. The maximum atomic E-state index is 5.89. The van der Waals surface area contributed by atoms with Gasteiger partial charge in [-0.1, -0.05) is 16.8 Å². The largest absolute Gasteiger partial charge is 0.467 e. The second-order valence-electron chi connectivity index (χ2n) is 5.47. The molecule has 3 rings (SSSR count). The molecule has 0 bridgehead atoms. The molecule has 2 heterocycles. The van der Waals surface area contributed by atoms with Gasteiger partial charge in [0.05, 0.1) is 6.26 Å². The topological polar surface area (TPSA) is 88.5 Å². The van der Waals surface area contributed by atoms with Crippen molar-refractivity contribution in [3.8, 4) is 11.4 Å². The summed E-state index contributed by atoms with van der Waals surface area (Å²) in [5.41, 5.74) is 0.866. The number of benzene rings is 1. The Morgan fingerprint density at radius 3 is 2.77 bits per heavy atom. The zero-order valence-electron chi connectivity index (χ0n) is 14.4. The molecule has 0 fully saturated rings. The van der Waals surface area contributed by atoms with E-state index in [9.17, 15) is 0 Å². The number of guanidine groups is 1. The van der Waals surface area contributed by atoms with Crippen LogP contribution in [0.15, 0.2) is 56.6 Å². The molecule has 0 aliphatic carbocycles. The molecule has 0 unspecified atom stereocenters. The van der Waals surface area contributed by atoms with Gasteiger partial charge in [0, 0.05) is 30.1 Å². The molecular formula is C18H20ClN5O2. The van der Waals surface area contributed by atoms with Crippen molar-refractivity contribution in [2.45, 2.75) is 19.9 Å². The molecule has 136 valence electrons. The maximum Gasteiger partial charge on any atom is 0.228 e. The van der Waals surface area contributed by atoms with Crippen LogP contribution in [0.1, 0.15) is 18.6 Å². The van der Waals surface area contributed by atoms with Gasteiger partial charge in [-0.25, -0.2) is 4.99 Å². The van der Waals surface area contributed by atoms with Crippen LogP contribution in [0.3, 0.4) is 0 Å². The SMILES string of the molecule is CCNC(=NCc1ccco1)NCCc1nc(-c2ccc(Cl)cc2)no1. The van der Waals surface area contributed by atoms with Crippen molar-refractivity contribution < 1.29 is 8.94 Å². The monoisotopic (exact) mass is 373 g/mol. The quantitative estimate of drug-likeness (QED) is 0.488. The first-order valence-corrected chi connectivity index (χ1v) is 8.75. The lowest BCUT2D eigenvalue weighted by Gasteiger charge is -2.09. The summed E-state index contributed by atoms with van der Waals surface area (Å²) < 4.78 is 10.6. The number of rotatable bonds is 7. The van der Waals surface area contributed by atoms with E-state index < -0.39 is 0 Å². The van der Waals surface area contributed by atoms with Crippen LogP contribution < -0.4 is 10.6 Å². The number of furan rings is 1. The summed E-state index contributed by atoms with van der Waals surface area (Å²) in [7, 11) is 0. The maximum absolute atomic E-state index is 5.89. The van der Waals surface area contributed by atoms with Gasteiger partial charge >= 0.3 is 0 Å². The summed E-state index contributed by atoms with van der Waals surface area (Å²) in [6, 6.07) is 11.1. The minimum Gasteiger partial charge on any atom is -0.467 e. The average Bonchev–Trinajstić information content (AvgIpc) is 3.32. The van der Waals surface area contributed by atoms with Crippen molar-refractivity contribution in [1.29, 1.82) is 0 Å². The number of nitrogens with zero attached hydrogens (tertiary/aromatic N) is 3. The Morgan fingerprint density at radius 2 is 2.04 bits per heavy atom. The molecule has 0 aliphatic heterocycles. The molecule has 0 saturated heterocycles. The summed E-state index contributed by atoms with van der Waals surface area (Å²) in [5.74, 6) is 2.63. The number of nitrogens with one attached hydrogen (secondary N) is 2. The van der Waals surface area contributed by atoms with Crippen molar-refractivity contribution in [3.63, 3.8) is 0 Å². The Bertz CT molecular complexity index is 828. The van der Waals surface area contributed by atoms with Gasteiger partial charge in [-0.05, 0) is 43.3 Å². The normalized spacial score (nSPS) is 11.5. The van der Waals surface area contributed by atoms with E-state index in [0.717, 1.165) is 17.9 Å². The molecule has 26 heavy (non-hydrogen) atoms. The minimum absolute atomic E-state index is 0.476. The van der Waals surface area contributed by atoms with Crippen LogP contribution >= 0.6 is 11.6 Å². The summed E-state index contributed by atoms with van der Waals surface area (Å²) in [4.78, 5) is 8.87. The predicted molar refractivity (Wildman–Crippen MR) is 100.0 cm³/mol. The van der Waals surface area contributed by atoms with E-state index in [1.807, 2.05) is 31.2 Å². The van der Waals surface area contributed by atoms with Crippen LogP contribution in [-0.4, -0.2) is 29.2 Å². The van der Waals surface area contributed by atoms with E-state index in [1.165, 1.54) is 0 Å². The highest BCUT2D eigenvalue weighted by molar-refractivity contribution is 6.30. The van der Waals surface area contributed by atoms with Crippen LogP contribution in [0.5, 0.6) is 0 Å². The molecule has 2 aromatic heterocycles. The molecule has 2 N–H and O–H groups in total. The van der Waals surface area contributed by atoms with E-state index in [-0.39, 0.29) is 0 Å². The first kappa shape index (κ1) is 18.0. The minimum atomic E-state index is 0.476. The van der Waals surface area contributed by atoms with Gasteiger partial charge in [0.2, 0.25) is 11.7 Å². The van der Waals surface area contributed by atoms with E-state index in [1.54, 1.807) is 18.4 Å². The summed E-state index contributed by atoms with van der Waals surface area (Å²) in [6.07, 6.45) is 2.23. The van der Waals surface area contributed by atoms with Crippen molar-refractivity contribution in [3.05, 3.63) is 59.3 Å². The van der Waals surface area contributed by atoms with Crippen molar-refractivity contribution in [2.24, 2.45) is 4.99 Å². The molecule has 3 aromatic rings. The number of hydrogen-bond donors (Lipinski definition) is 2. The molecule has 0 saturated carbocycles. The number of aromatic nitrogens is 2. The van der Waals surface area contributed by atoms with Crippen molar-refractivity contribution >= 4 is 17.6 Å². The number of aliphatic imine (C=N–C) groups is 1. The van der Waals surface area contributed by atoms with Crippen LogP contribution in [0.25, 0.3) is 11.4 Å². The summed E-state index contributed by atoms with van der Waals surface area (Å²) in [6.45, 7) is 3.88. The zero-order valence-corrected chi connectivity index (χ0v) is 15.2. The van der Waals surface area contributed by atoms with E-state index in [0.29, 0.717) is 42.2 Å². The Morgan fingerprint density at radius 1 is 1.19 bits per heavy atom. The lowest BCUT2D eigenvalue weighted by atomic mass is 10.2. The summed E-state index contributed by atoms with van der Waals surface area (Å²) in [5, 5.41) is 11.1. The van der Waals surface area contributed by atoms with Crippen LogP contribution in [0.2, 0.25) is 5.02 Å².